The quantitative estimate of drug-likeness (QED) is 0.746. The van der Waals surface area contributed by atoms with Gasteiger partial charge in [-0.1, -0.05) is 31.2 Å². The summed E-state index contributed by atoms with van der Waals surface area (Å²) in [5, 5.41) is 9.00. The van der Waals surface area contributed by atoms with Crippen molar-refractivity contribution < 1.29 is 13.5 Å². The van der Waals surface area contributed by atoms with Crippen molar-refractivity contribution in [3.05, 3.63) is 35.4 Å². The highest BCUT2D eigenvalue weighted by Gasteiger charge is 2.20. The average Bonchev–Trinajstić information content (AvgIpc) is 2.43. The van der Waals surface area contributed by atoms with Gasteiger partial charge in [0.15, 0.2) is 0 Å². The summed E-state index contributed by atoms with van der Waals surface area (Å²) in [4.78, 5) is 2.05. The lowest BCUT2D eigenvalue weighted by molar-refractivity contribution is 0.282. The lowest BCUT2D eigenvalue weighted by Gasteiger charge is -2.21. The molecule has 1 aromatic carbocycles. The first-order valence-electron chi connectivity index (χ1n) is 7.20. The van der Waals surface area contributed by atoms with Gasteiger partial charge in [0, 0.05) is 13.1 Å². The highest BCUT2D eigenvalue weighted by Crippen LogP contribution is 2.12. The van der Waals surface area contributed by atoms with Gasteiger partial charge in [-0.3, -0.25) is 0 Å². The molecule has 0 amide bonds. The summed E-state index contributed by atoms with van der Waals surface area (Å²) in [5.74, 6) is 0.00845. The highest BCUT2D eigenvalue weighted by molar-refractivity contribution is 7.88. The second kappa shape index (κ2) is 8.48. The number of sulfonamides is 1. The lowest BCUT2D eigenvalue weighted by Crippen LogP contribution is -2.34. The van der Waals surface area contributed by atoms with Crippen LogP contribution in [0, 0.1) is 0 Å². The Balaban J connectivity index is 2.67. The molecule has 0 heterocycles. The molecule has 0 aliphatic rings. The molecule has 0 fully saturated rings. The zero-order chi connectivity index (χ0) is 15.9. The van der Waals surface area contributed by atoms with E-state index in [1.165, 1.54) is 4.31 Å². The fraction of sp³-hybridized carbons (Fsp3) is 0.600. The highest BCUT2D eigenvalue weighted by atomic mass is 32.2. The van der Waals surface area contributed by atoms with Gasteiger partial charge in [0.25, 0.3) is 0 Å². The molecule has 0 saturated heterocycles. The van der Waals surface area contributed by atoms with Crippen LogP contribution in [-0.4, -0.2) is 56.5 Å². The molecular weight excluding hydrogens is 288 g/mol. The van der Waals surface area contributed by atoms with Crippen LogP contribution in [-0.2, 0) is 22.4 Å². The van der Waals surface area contributed by atoms with Crippen LogP contribution in [0.25, 0.3) is 0 Å². The van der Waals surface area contributed by atoms with E-state index in [-0.39, 0.29) is 12.4 Å². The Morgan fingerprint density at radius 3 is 2.10 bits per heavy atom. The first kappa shape index (κ1) is 18.1. The Labute approximate surface area is 128 Å². The second-order valence-corrected chi connectivity index (χ2v) is 7.35. The van der Waals surface area contributed by atoms with E-state index < -0.39 is 10.0 Å². The molecule has 0 saturated carbocycles. The Morgan fingerprint density at radius 1 is 1.05 bits per heavy atom. The van der Waals surface area contributed by atoms with E-state index in [1.54, 1.807) is 24.3 Å². The normalized spacial score (nSPS) is 12.3. The van der Waals surface area contributed by atoms with Crippen LogP contribution in [0.4, 0.5) is 0 Å². The van der Waals surface area contributed by atoms with E-state index in [0.717, 1.165) is 24.1 Å². The van der Waals surface area contributed by atoms with Crippen LogP contribution in [0.5, 0.6) is 0 Å². The van der Waals surface area contributed by atoms with Gasteiger partial charge in [-0.15, -0.1) is 0 Å². The van der Waals surface area contributed by atoms with Crippen molar-refractivity contribution in [2.75, 3.05) is 33.7 Å². The molecule has 1 rings (SSSR count). The van der Waals surface area contributed by atoms with Crippen molar-refractivity contribution in [3.63, 3.8) is 0 Å². The molecule has 0 atom stereocenters. The van der Waals surface area contributed by atoms with Gasteiger partial charge in [-0.2, -0.15) is 0 Å². The van der Waals surface area contributed by atoms with Crippen LogP contribution in [0.2, 0.25) is 0 Å². The summed E-state index contributed by atoms with van der Waals surface area (Å²) in [7, 11) is 0.669. The molecule has 21 heavy (non-hydrogen) atoms. The largest absolute Gasteiger partial charge is 0.392 e. The SMILES string of the molecule is CCN(CCCN(C)C)S(=O)(=O)Cc1ccc(CO)cc1. The summed E-state index contributed by atoms with van der Waals surface area (Å²) in [5.41, 5.74) is 1.53. The zero-order valence-electron chi connectivity index (χ0n) is 13.1. The van der Waals surface area contributed by atoms with Gasteiger partial charge in [0.2, 0.25) is 10.0 Å². The maximum Gasteiger partial charge on any atom is 0.218 e. The van der Waals surface area contributed by atoms with Crippen molar-refractivity contribution in [3.8, 4) is 0 Å². The molecule has 1 N–H and O–H groups in total. The number of aliphatic hydroxyl groups excluding tert-OH is 1. The molecule has 0 radical (unpaired) electrons. The fourth-order valence-electron chi connectivity index (χ4n) is 2.10. The van der Waals surface area contributed by atoms with Crippen molar-refractivity contribution in [2.24, 2.45) is 0 Å². The van der Waals surface area contributed by atoms with Gasteiger partial charge in [0.1, 0.15) is 0 Å². The maximum atomic E-state index is 12.4. The molecule has 120 valence electrons. The minimum Gasteiger partial charge on any atom is -0.392 e. The molecule has 0 aromatic heterocycles. The number of hydrogen-bond donors (Lipinski definition) is 1. The van der Waals surface area contributed by atoms with Gasteiger partial charge in [-0.05, 0) is 38.2 Å². The zero-order valence-corrected chi connectivity index (χ0v) is 13.9. The summed E-state index contributed by atoms with van der Waals surface area (Å²) in [6, 6.07) is 7.04. The predicted molar refractivity (Wildman–Crippen MR) is 85.4 cm³/mol. The van der Waals surface area contributed by atoms with Crippen LogP contribution >= 0.6 is 0 Å². The monoisotopic (exact) mass is 314 g/mol. The third-order valence-electron chi connectivity index (χ3n) is 3.31. The standard InChI is InChI=1S/C15H26N2O3S/c1-4-17(11-5-10-16(2)3)21(19,20)13-15-8-6-14(12-18)7-9-15/h6-9,18H,4-5,10-13H2,1-3H3. The minimum atomic E-state index is -3.29. The smallest absolute Gasteiger partial charge is 0.218 e. The van der Waals surface area contributed by atoms with Crippen molar-refractivity contribution >= 4 is 10.0 Å². The van der Waals surface area contributed by atoms with E-state index in [0.29, 0.717) is 13.1 Å². The van der Waals surface area contributed by atoms with Crippen molar-refractivity contribution in [1.29, 1.82) is 0 Å². The van der Waals surface area contributed by atoms with Gasteiger partial charge < -0.3 is 10.0 Å². The number of nitrogens with zero attached hydrogens (tertiary/aromatic N) is 2. The first-order valence-corrected chi connectivity index (χ1v) is 8.81. The molecule has 5 nitrogen and oxygen atoms in total. The molecule has 1 aromatic rings. The number of hydrogen-bond acceptors (Lipinski definition) is 4. The van der Waals surface area contributed by atoms with Crippen LogP contribution in [0.3, 0.4) is 0 Å². The topological polar surface area (TPSA) is 60.9 Å². The van der Waals surface area contributed by atoms with Gasteiger partial charge >= 0.3 is 0 Å². The summed E-state index contributed by atoms with van der Waals surface area (Å²) in [6.45, 7) is 3.74. The molecule has 0 aliphatic carbocycles. The van der Waals surface area contributed by atoms with Crippen molar-refractivity contribution in [2.45, 2.75) is 25.7 Å². The summed E-state index contributed by atoms with van der Waals surface area (Å²) in [6.07, 6.45) is 0.823. The first-order chi connectivity index (χ1) is 9.89. The van der Waals surface area contributed by atoms with Crippen LogP contribution < -0.4 is 0 Å². The van der Waals surface area contributed by atoms with Gasteiger partial charge in [-0.25, -0.2) is 12.7 Å². The van der Waals surface area contributed by atoms with Gasteiger partial charge in [0.05, 0.1) is 12.4 Å². The Hall–Kier alpha value is -0.950. The molecular formula is C15H26N2O3S. The molecule has 0 unspecified atom stereocenters. The summed E-state index contributed by atoms with van der Waals surface area (Å²) >= 11 is 0. The third kappa shape index (κ3) is 6.13. The Bertz CT molecular complexity index is 512. The van der Waals surface area contributed by atoms with Crippen molar-refractivity contribution in [1.82, 2.24) is 9.21 Å². The van der Waals surface area contributed by atoms with E-state index in [1.807, 2.05) is 25.9 Å². The summed E-state index contributed by atoms with van der Waals surface area (Å²) < 4.78 is 26.4. The minimum absolute atomic E-state index is 0.00845. The van der Waals surface area contributed by atoms with Crippen LogP contribution in [0.15, 0.2) is 24.3 Å². The number of rotatable bonds is 9. The Morgan fingerprint density at radius 2 is 1.62 bits per heavy atom. The fourth-order valence-corrected chi connectivity index (χ4v) is 3.70. The van der Waals surface area contributed by atoms with E-state index in [4.69, 9.17) is 5.11 Å². The van der Waals surface area contributed by atoms with Crippen LogP contribution in [0.1, 0.15) is 24.5 Å². The van der Waals surface area contributed by atoms with E-state index in [2.05, 4.69) is 0 Å². The molecule has 0 bridgehead atoms. The van der Waals surface area contributed by atoms with E-state index in [9.17, 15) is 8.42 Å². The number of benzene rings is 1. The maximum absolute atomic E-state index is 12.4. The second-order valence-electron chi connectivity index (χ2n) is 5.38. The molecule has 6 heteroatoms. The molecule has 0 spiro atoms. The lowest BCUT2D eigenvalue weighted by atomic mass is 10.2. The number of aliphatic hydroxyl groups is 1. The third-order valence-corrected chi connectivity index (χ3v) is 5.24. The van der Waals surface area contributed by atoms with E-state index >= 15 is 0 Å². The molecule has 0 aliphatic heterocycles. The average molecular weight is 314 g/mol. The predicted octanol–water partition coefficient (Wildman–Crippen LogP) is 1.28. The Kier molecular flexibility index (Phi) is 7.31.